The number of hydrogen-bond donors (Lipinski definition) is 2. The molecule has 0 spiro atoms. The number of rotatable bonds is 6. The quantitative estimate of drug-likeness (QED) is 0.483. The van der Waals surface area contributed by atoms with Crippen LogP contribution in [-0.4, -0.2) is 23.8 Å². The highest BCUT2D eigenvalue weighted by Crippen LogP contribution is 2.27. The summed E-state index contributed by atoms with van der Waals surface area (Å²) in [7, 11) is -1.63. The zero-order valence-corrected chi connectivity index (χ0v) is 14.2. The van der Waals surface area contributed by atoms with Gasteiger partial charge in [0.25, 0.3) is 0 Å². The second-order valence-electron chi connectivity index (χ2n) is 4.75. The molecule has 0 aliphatic rings. The third-order valence-corrected chi connectivity index (χ3v) is 4.47. The van der Waals surface area contributed by atoms with Gasteiger partial charge in [-0.2, -0.15) is 0 Å². The van der Waals surface area contributed by atoms with Crippen molar-refractivity contribution in [3.63, 3.8) is 0 Å². The number of aryl methyl sites for hydroxylation is 2. The molecule has 6 nitrogen and oxygen atoms in total. The fourth-order valence-electron chi connectivity index (χ4n) is 1.88. The fourth-order valence-corrected chi connectivity index (χ4v) is 3.16. The van der Waals surface area contributed by atoms with Gasteiger partial charge in [-0.25, -0.2) is 17.6 Å². The molecule has 0 saturated carbocycles. The van der Waals surface area contributed by atoms with Gasteiger partial charge in [0.15, 0.2) is 0 Å². The van der Waals surface area contributed by atoms with Crippen molar-refractivity contribution in [3.05, 3.63) is 41.9 Å². The highest BCUT2D eigenvalue weighted by atomic mass is 35.5. The first kappa shape index (κ1) is 18.6. The summed E-state index contributed by atoms with van der Waals surface area (Å²) in [5, 5.41) is 9.96. The Balaban J connectivity index is 0.00000242. The van der Waals surface area contributed by atoms with Gasteiger partial charge >= 0.3 is 0 Å². The molecule has 2 rings (SSSR count). The standard InChI is InChI=1S/C13H16ClN3O3S.ClH/c1-16-6-7-17(10-16)5-2-8-21(19,20)15-12-9-11(14)3-4-13(12)18;/h3-4,6-7,9-10,15H,2,5,8H2,1H3;1H. The van der Waals surface area contributed by atoms with Gasteiger partial charge in [-0.3, -0.25) is 4.72 Å². The number of aromatic hydroxyl groups is 1. The van der Waals surface area contributed by atoms with Crippen molar-refractivity contribution in [3.8, 4) is 5.75 Å². The van der Waals surface area contributed by atoms with E-state index in [2.05, 4.69) is 4.72 Å². The van der Waals surface area contributed by atoms with Crippen molar-refractivity contribution in [2.24, 2.45) is 7.05 Å². The monoisotopic (exact) mass is 365 g/mol. The number of aromatic nitrogens is 2. The normalized spacial score (nSPS) is 11.0. The molecule has 0 bridgehead atoms. The molecule has 0 amide bonds. The molecule has 0 unspecified atom stereocenters. The Hall–Kier alpha value is -1.44. The largest absolute Gasteiger partial charge is 1.00 e. The summed E-state index contributed by atoms with van der Waals surface area (Å²) in [4.78, 5) is 0. The van der Waals surface area contributed by atoms with Crippen LogP contribution in [0.25, 0.3) is 0 Å². The number of halogens is 2. The van der Waals surface area contributed by atoms with Crippen LogP contribution in [0.3, 0.4) is 0 Å². The number of benzene rings is 1. The molecule has 0 aliphatic carbocycles. The Morgan fingerprint density at radius 1 is 1.41 bits per heavy atom. The predicted molar refractivity (Wildman–Crippen MR) is 80.8 cm³/mol. The van der Waals surface area contributed by atoms with Crippen LogP contribution in [0.5, 0.6) is 5.75 Å². The minimum absolute atomic E-state index is 0. The van der Waals surface area contributed by atoms with Gasteiger partial charge in [-0.15, -0.1) is 0 Å². The highest BCUT2D eigenvalue weighted by molar-refractivity contribution is 7.92. The second-order valence-corrected chi connectivity index (χ2v) is 7.03. The van der Waals surface area contributed by atoms with Crippen LogP contribution in [0.1, 0.15) is 6.42 Å². The molecule has 0 fully saturated rings. The smallest absolute Gasteiger partial charge is 0.243 e. The summed E-state index contributed by atoms with van der Waals surface area (Å²) in [6.45, 7) is 0.600. The summed E-state index contributed by atoms with van der Waals surface area (Å²) in [5.74, 6) is -0.193. The van der Waals surface area contributed by atoms with Crippen LogP contribution < -0.4 is 21.7 Å². The molecular weight excluding hydrogens is 349 g/mol. The second kappa shape index (κ2) is 7.71. The summed E-state index contributed by atoms with van der Waals surface area (Å²) < 4.78 is 30.1. The number of nitrogens with one attached hydrogen (secondary N) is 1. The van der Waals surface area contributed by atoms with E-state index in [0.29, 0.717) is 18.0 Å². The average molecular weight is 366 g/mol. The third kappa shape index (κ3) is 5.40. The Bertz CT molecular complexity index is 732. The number of imidazole rings is 1. The maximum atomic E-state index is 12.0. The van der Waals surface area contributed by atoms with Crippen molar-refractivity contribution in [2.75, 3.05) is 10.5 Å². The maximum Gasteiger partial charge on any atom is 0.243 e. The first-order chi connectivity index (χ1) is 9.85. The van der Waals surface area contributed by atoms with Crippen molar-refractivity contribution in [1.29, 1.82) is 0 Å². The van der Waals surface area contributed by atoms with E-state index < -0.39 is 10.0 Å². The zero-order valence-electron chi connectivity index (χ0n) is 11.9. The molecule has 9 heteroatoms. The first-order valence-electron chi connectivity index (χ1n) is 6.36. The lowest BCUT2D eigenvalue weighted by molar-refractivity contribution is -0.671. The molecule has 0 aliphatic heterocycles. The Kier molecular flexibility index (Phi) is 6.52. The van der Waals surface area contributed by atoms with Gasteiger partial charge in [0.05, 0.1) is 25.0 Å². The Labute approximate surface area is 140 Å². The van der Waals surface area contributed by atoms with Gasteiger partial charge < -0.3 is 17.5 Å². The average Bonchev–Trinajstić information content (AvgIpc) is 2.79. The topological polar surface area (TPSA) is 75.2 Å². The number of hydrogen-bond acceptors (Lipinski definition) is 3. The lowest BCUT2D eigenvalue weighted by Crippen LogP contribution is -3.00. The van der Waals surface area contributed by atoms with Crippen LogP contribution in [0.15, 0.2) is 36.9 Å². The van der Waals surface area contributed by atoms with E-state index >= 15 is 0 Å². The van der Waals surface area contributed by atoms with Crippen molar-refractivity contribution in [2.45, 2.75) is 13.0 Å². The molecule has 1 aromatic heterocycles. The lowest BCUT2D eigenvalue weighted by Gasteiger charge is -2.09. The van der Waals surface area contributed by atoms with E-state index in [1.54, 1.807) is 0 Å². The van der Waals surface area contributed by atoms with Gasteiger partial charge in [0.2, 0.25) is 16.4 Å². The summed E-state index contributed by atoms with van der Waals surface area (Å²) in [5.41, 5.74) is 0.0925. The molecule has 1 heterocycles. The van der Waals surface area contributed by atoms with Crippen LogP contribution in [0.2, 0.25) is 5.02 Å². The summed E-state index contributed by atoms with van der Waals surface area (Å²) in [6, 6.07) is 4.21. The van der Waals surface area contributed by atoms with Gasteiger partial charge in [0, 0.05) is 11.4 Å². The van der Waals surface area contributed by atoms with Crippen LogP contribution >= 0.6 is 11.6 Å². The molecule has 0 saturated heterocycles. The molecular formula is C13H17Cl2N3O3S. The molecule has 0 radical (unpaired) electrons. The summed E-state index contributed by atoms with van der Waals surface area (Å²) in [6.07, 6.45) is 6.10. The molecule has 0 atom stereocenters. The first-order valence-corrected chi connectivity index (χ1v) is 8.39. The fraction of sp³-hybridized carbons (Fsp3) is 0.308. The summed E-state index contributed by atoms with van der Waals surface area (Å²) >= 11 is 5.78. The van der Waals surface area contributed by atoms with Crippen molar-refractivity contribution >= 4 is 27.3 Å². The van der Waals surface area contributed by atoms with E-state index in [9.17, 15) is 13.5 Å². The Morgan fingerprint density at radius 3 is 2.77 bits per heavy atom. The van der Waals surface area contributed by atoms with Gasteiger partial charge in [0.1, 0.15) is 18.1 Å². The third-order valence-electron chi connectivity index (χ3n) is 2.88. The van der Waals surface area contributed by atoms with E-state index in [0.717, 1.165) is 0 Å². The van der Waals surface area contributed by atoms with Gasteiger partial charge in [-0.05, 0) is 18.2 Å². The molecule has 1 aromatic carbocycles. The van der Waals surface area contributed by atoms with E-state index in [-0.39, 0.29) is 29.6 Å². The molecule has 122 valence electrons. The van der Waals surface area contributed by atoms with Crippen molar-refractivity contribution in [1.82, 2.24) is 4.57 Å². The van der Waals surface area contributed by atoms with Crippen LogP contribution in [-0.2, 0) is 23.6 Å². The minimum Gasteiger partial charge on any atom is -1.00 e. The number of phenols is 1. The van der Waals surface area contributed by atoms with E-state index in [4.69, 9.17) is 11.6 Å². The maximum absolute atomic E-state index is 12.0. The van der Waals surface area contributed by atoms with Gasteiger partial charge in [-0.1, -0.05) is 11.6 Å². The SMILES string of the molecule is C[n+]1ccn(CCCS(=O)(=O)Nc2cc(Cl)ccc2O)c1.[Cl-]. The Morgan fingerprint density at radius 2 is 2.14 bits per heavy atom. The molecule has 2 aromatic rings. The number of sulfonamides is 1. The molecule has 2 N–H and O–H groups in total. The highest BCUT2D eigenvalue weighted by Gasteiger charge is 2.14. The van der Waals surface area contributed by atoms with Crippen LogP contribution in [0, 0.1) is 0 Å². The van der Waals surface area contributed by atoms with Crippen molar-refractivity contribution < 1.29 is 30.5 Å². The van der Waals surface area contributed by atoms with E-state index in [1.807, 2.05) is 34.9 Å². The van der Waals surface area contributed by atoms with Crippen LogP contribution in [0.4, 0.5) is 5.69 Å². The predicted octanol–water partition coefficient (Wildman–Crippen LogP) is -1.49. The lowest BCUT2D eigenvalue weighted by atomic mass is 10.3. The molecule has 22 heavy (non-hydrogen) atoms. The van der Waals surface area contributed by atoms with E-state index in [1.165, 1.54) is 18.2 Å². The minimum atomic E-state index is -3.53. The zero-order chi connectivity index (χ0) is 15.5. The number of phenolic OH excluding ortho intramolecular Hbond substituents is 1. The number of anilines is 1. The number of nitrogens with zero attached hydrogens (tertiary/aromatic N) is 2.